The van der Waals surface area contributed by atoms with E-state index >= 15 is 0 Å². The summed E-state index contributed by atoms with van der Waals surface area (Å²) in [5, 5.41) is 12.0. The normalized spacial score (nSPS) is 9.08. The van der Waals surface area contributed by atoms with Crippen molar-refractivity contribution in [2.24, 2.45) is 5.11 Å². The van der Waals surface area contributed by atoms with E-state index in [1.54, 1.807) is 18.3 Å². The minimum atomic E-state index is -0.0190. The largest absolute Gasteiger partial charge is 0.392 e. The summed E-state index contributed by atoms with van der Waals surface area (Å²) in [4.78, 5) is 6.57. The Morgan fingerprint density at radius 1 is 1.58 bits per heavy atom. The summed E-state index contributed by atoms with van der Waals surface area (Å²) >= 11 is 0. The first-order valence-corrected chi connectivity index (χ1v) is 3.42. The van der Waals surface area contributed by atoms with Gasteiger partial charge < -0.3 is 5.11 Å². The van der Waals surface area contributed by atoms with Crippen molar-refractivity contribution in [2.45, 2.75) is 13.2 Å². The lowest BCUT2D eigenvalue weighted by Gasteiger charge is -1.96. The van der Waals surface area contributed by atoms with E-state index < -0.39 is 0 Å². The lowest BCUT2D eigenvalue weighted by Crippen LogP contribution is -1.89. The number of nitrogens with zero attached hydrogens (tertiary/aromatic N) is 4. The van der Waals surface area contributed by atoms with Crippen LogP contribution in [0.5, 0.6) is 0 Å². The minimum Gasteiger partial charge on any atom is -0.392 e. The molecule has 0 aliphatic heterocycles. The number of aliphatic hydroxyl groups is 1. The molecule has 0 aliphatic rings. The fourth-order valence-corrected chi connectivity index (χ4v) is 0.746. The highest BCUT2D eigenvalue weighted by atomic mass is 16.3. The summed E-state index contributed by atoms with van der Waals surface area (Å²) in [6.45, 7) is 0.233. The van der Waals surface area contributed by atoms with Crippen LogP contribution in [-0.4, -0.2) is 10.1 Å². The van der Waals surface area contributed by atoms with Crippen LogP contribution < -0.4 is 0 Å². The first-order valence-electron chi connectivity index (χ1n) is 3.42. The quantitative estimate of drug-likeness (QED) is 0.416. The number of aromatic nitrogens is 1. The molecular formula is C7H8N4O. The highest BCUT2D eigenvalue weighted by Crippen LogP contribution is 2.01. The van der Waals surface area contributed by atoms with E-state index in [1.165, 1.54) is 0 Å². The zero-order chi connectivity index (χ0) is 8.81. The van der Waals surface area contributed by atoms with Gasteiger partial charge in [0, 0.05) is 16.8 Å². The molecule has 0 bridgehead atoms. The summed E-state index contributed by atoms with van der Waals surface area (Å²) in [6.07, 6.45) is 1.56. The van der Waals surface area contributed by atoms with Gasteiger partial charge in [0.15, 0.2) is 0 Å². The van der Waals surface area contributed by atoms with Crippen LogP contribution in [0.2, 0.25) is 0 Å². The van der Waals surface area contributed by atoms with Crippen LogP contribution in [0, 0.1) is 0 Å². The molecule has 12 heavy (non-hydrogen) atoms. The van der Waals surface area contributed by atoms with Crippen molar-refractivity contribution >= 4 is 0 Å². The van der Waals surface area contributed by atoms with E-state index in [0.717, 1.165) is 5.56 Å². The predicted molar refractivity (Wildman–Crippen MR) is 43.0 cm³/mol. The van der Waals surface area contributed by atoms with Crippen LogP contribution >= 0.6 is 0 Å². The molecule has 0 radical (unpaired) electrons. The van der Waals surface area contributed by atoms with Crippen molar-refractivity contribution in [2.75, 3.05) is 0 Å². The number of pyridine rings is 1. The Hall–Kier alpha value is -1.58. The molecule has 0 unspecified atom stereocenters. The van der Waals surface area contributed by atoms with Gasteiger partial charge >= 0.3 is 0 Å². The second kappa shape index (κ2) is 4.33. The van der Waals surface area contributed by atoms with Gasteiger partial charge in [-0.3, -0.25) is 4.98 Å². The fraction of sp³-hybridized carbons (Fsp3) is 0.286. The second-order valence-electron chi connectivity index (χ2n) is 2.20. The zero-order valence-corrected chi connectivity index (χ0v) is 6.38. The van der Waals surface area contributed by atoms with Crippen molar-refractivity contribution < 1.29 is 5.11 Å². The molecule has 0 amide bonds. The van der Waals surface area contributed by atoms with Gasteiger partial charge in [-0.2, -0.15) is 0 Å². The first kappa shape index (κ1) is 8.52. The highest BCUT2D eigenvalue weighted by Gasteiger charge is 1.92. The van der Waals surface area contributed by atoms with Crippen LogP contribution in [0.3, 0.4) is 0 Å². The standard InChI is InChI=1S/C7H8N4O/c8-11-10-4-7-2-1-6(5-12)3-9-7/h1-3,12H,4-5H2. The van der Waals surface area contributed by atoms with E-state index in [9.17, 15) is 0 Å². The Balaban J connectivity index is 2.70. The van der Waals surface area contributed by atoms with E-state index in [-0.39, 0.29) is 13.2 Å². The number of hydrogen-bond acceptors (Lipinski definition) is 3. The molecule has 1 N–H and O–H groups in total. The molecule has 0 spiro atoms. The zero-order valence-electron chi connectivity index (χ0n) is 6.38. The first-order chi connectivity index (χ1) is 5.86. The molecular weight excluding hydrogens is 156 g/mol. The SMILES string of the molecule is [N-]=[N+]=NCc1ccc(CO)cn1. The van der Waals surface area contributed by atoms with Crippen molar-refractivity contribution in [3.05, 3.63) is 40.0 Å². The van der Waals surface area contributed by atoms with Crippen LogP contribution in [0.1, 0.15) is 11.3 Å². The average Bonchev–Trinajstić information content (AvgIpc) is 2.15. The third kappa shape index (κ3) is 2.23. The van der Waals surface area contributed by atoms with Gasteiger partial charge in [-0.05, 0) is 17.2 Å². The van der Waals surface area contributed by atoms with Crippen LogP contribution in [0.15, 0.2) is 23.4 Å². The van der Waals surface area contributed by atoms with Gasteiger partial charge in [-0.25, -0.2) is 0 Å². The van der Waals surface area contributed by atoms with Gasteiger partial charge in [0.1, 0.15) is 0 Å². The number of rotatable bonds is 3. The summed E-state index contributed by atoms with van der Waals surface area (Å²) in [5.74, 6) is 0. The smallest absolute Gasteiger partial charge is 0.0696 e. The monoisotopic (exact) mass is 164 g/mol. The lowest BCUT2D eigenvalue weighted by atomic mass is 10.2. The van der Waals surface area contributed by atoms with Crippen molar-refractivity contribution in [1.29, 1.82) is 0 Å². The van der Waals surface area contributed by atoms with E-state index in [2.05, 4.69) is 15.0 Å². The number of hydrogen-bond donors (Lipinski definition) is 1. The molecule has 1 heterocycles. The molecule has 0 fully saturated rings. The lowest BCUT2D eigenvalue weighted by molar-refractivity contribution is 0.281. The van der Waals surface area contributed by atoms with Gasteiger partial charge in [0.25, 0.3) is 0 Å². The molecule has 0 saturated heterocycles. The number of azide groups is 1. The summed E-state index contributed by atoms with van der Waals surface area (Å²) in [5.41, 5.74) is 9.47. The number of aliphatic hydroxyl groups excluding tert-OH is 1. The molecule has 0 atom stereocenters. The minimum absolute atomic E-state index is 0.0190. The highest BCUT2D eigenvalue weighted by molar-refractivity contribution is 5.12. The maximum Gasteiger partial charge on any atom is 0.0696 e. The van der Waals surface area contributed by atoms with E-state index in [1.807, 2.05) is 0 Å². The van der Waals surface area contributed by atoms with Crippen LogP contribution in [-0.2, 0) is 13.2 Å². The van der Waals surface area contributed by atoms with Gasteiger partial charge in [0.2, 0.25) is 0 Å². The van der Waals surface area contributed by atoms with Crippen LogP contribution in [0.4, 0.5) is 0 Å². The van der Waals surface area contributed by atoms with E-state index in [4.69, 9.17) is 10.6 Å². The Bertz CT molecular complexity index is 289. The Kier molecular flexibility index (Phi) is 3.07. The Labute approximate surface area is 69.3 Å². The molecule has 1 rings (SSSR count). The summed E-state index contributed by atoms with van der Waals surface area (Å²) in [6, 6.07) is 3.47. The molecule has 5 nitrogen and oxygen atoms in total. The van der Waals surface area contributed by atoms with Crippen LogP contribution in [0.25, 0.3) is 10.4 Å². The topological polar surface area (TPSA) is 81.9 Å². The maximum atomic E-state index is 8.68. The van der Waals surface area contributed by atoms with Crippen molar-refractivity contribution in [3.8, 4) is 0 Å². The molecule has 5 heteroatoms. The third-order valence-electron chi connectivity index (χ3n) is 1.36. The molecule has 1 aromatic heterocycles. The average molecular weight is 164 g/mol. The van der Waals surface area contributed by atoms with Gasteiger partial charge in [-0.1, -0.05) is 11.2 Å². The Morgan fingerprint density at radius 2 is 2.42 bits per heavy atom. The molecule has 1 aromatic rings. The Morgan fingerprint density at radius 3 is 2.92 bits per heavy atom. The van der Waals surface area contributed by atoms with E-state index in [0.29, 0.717) is 5.69 Å². The second-order valence-corrected chi connectivity index (χ2v) is 2.20. The third-order valence-corrected chi connectivity index (χ3v) is 1.36. The summed E-state index contributed by atoms with van der Waals surface area (Å²) < 4.78 is 0. The van der Waals surface area contributed by atoms with Crippen molar-refractivity contribution in [3.63, 3.8) is 0 Å². The van der Waals surface area contributed by atoms with Gasteiger partial charge in [-0.15, -0.1) is 0 Å². The predicted octanol–water partition coefficient (Wildman–Crippen LogP) is 1.38. The molecule has 0 saturated carbocycles. The van der Waals surface area contributed by atoms with Gasteiger partial charge in [0.05, 0.1) is 13.2 Å². The molecule has 62 valence electrons. The summed E-state index contributed by atoms with van der Waals surface area (Å²) in [7, 11) is 0. The maximum absolute atomic E-state index is 8.68. The molecule has 0 aromatic carbocycles. The molecule has 0 aliphatic carbocycles. The van der Waals surface area contributed by atoms with Crippen molar-refractivity contribution in [1.82, 2.24) is 4.98 Å². The fourth-order valence-electron chi connectivity index (χ4n) is 0.746.